The maximum Gasteiger partial charge on any atom is 0.115 e. The molecule has 92 valence electrons. The molecule has 0 atom stereocenters. The maximum absolute atomic E-state index is 9.60. The first-order chi connectivity index (χ1) is 8.28. The average Bonchev–Trinajstić information content (AvgIpc) is 3.11. The highest BCUT2D eigenvalue weighted by atomic mass is 16.3. The van der Waals surface area contributed by atoms with Crippen molar-refractivity contribution in [2.75, 3.05) is 19.6 Å². The SMILES string of the molecule is Oc1cccc(C2(CN3CCCCC3)CC2)c1. The Bertz CT molecular complexity index is 392. The van der Waals surface area contributed by atoms with Crippen molar-refractivity contribution in [3.8, 4) is 5.75 Å². The van der Waals surface area contributed by atoms with Gasteiger partial charge in [-0.15, -0.1) is 0 Å². The van der Waals surface area contributed by atoms with Gasteiger partial charge in [0.1, 0.15) is 5.75 Å². The number of likely N-dealkylation sites (tertiary alicyclic amines) is 1. The molecule has 0 aromatic heterocycles. The van der Waals surface area contributed by atoms with Crippen molar-refractivity contribution >= 4 is 0 Å². The molecule has 1 heterocycles. The first-order valence-corrected chi connectivity index (χ1v) is 6.80. The van der Waals surface area contributed by atoms with Crippen molar-refractivity contribution in [1.82, 2.24) is 4.90 Å². The van der Waals surface area contributed by atoms with E-state index in [-0.39, 0.29) is 0 Å². The van der Waals surface area contributed by atoms with E-state index in [2.05, 4.69) is 11.0 Å². The summed E-state index contributed by atoms with van der Waals surface area (Å²) in [4.78, 5) is 2.61. The summed E-state index contributed by atoms with van der Waals surface area (Å²) in [5.41, 5.74) is 1.69. The maximum atomic E-state index is 9.60. The van der Waals surface area contributed by atoms with Gasteiger partial charge in [0.05, 0.1) is 0 Å². The normalized spacial score (nSPS) is 23.5. The van der Waals surface area contributed by atoms with Gasteiger partial charge in [0, 0.05) is 12.0 Å². The zero-order valence-electron chi connectivity index (χ0n) is 10.4. The van der Waals surface area contributed by atoms with Gasteiger partial charge >= 0.3 is 0 Å². The minimum Gasteiger partial charge on any atom is -0.508 e. The standard InChI is InChI=1S/C15H21NO/c17-14-6-4-5-13(11-14)15(7-8-15)12-16-9-2-1-3-10-16/h4-6,11,17H,1-3,7-10,12H2. The smallest absolute Gasteiger partial charge is 0.115 e. The quantitative estimate of drug-likeness (QED) is 0.864. The number of aromatic hydroxyl groups is 1. The Morgan fingerprint density at radius 3 is 2.53 bits per heavy atom. The molecule has 0 spiro atoms. The molecular weight excluding hydrogens is 210 g/mol. The number of benzene rings is 1. The lowest BCUT2D eigenvalue weighted by Gasteiger charge is -2.30. The fraction of sp³-hybridized carbons (Fsp3) is 0.600. The Kier molecular flexibility index (Phi) is 2.83. The summed E-state index contributed by atoms with van der Waals surface area (Å²) < 4.78 is 0. The highest BCUT2D eigenvalue weighted by Crippen LogP contribution is 2.49. The van der Waals surface area contributed by atoms with Crippen LogP contribution in [0.3, 0.4) is 0 Å². The van der Waals surface area contributed by atoms with Crippen molar-refractivity contribution in [2.24, 2.45) is 0 Å². The second kappa shape index (κ2) is 4.34. The number of nitrogens with zero attached hydrogens (tertiary/aromatic N) is 1. The summed E-state index contributed by atoms with van der Waals surface area (Å²) in [6.07, 6.45) is 6.68. The van der Waals surface area contributed by atoms with Crippen molar-refractivity contribution < 1.29 is 5.11 Å². The molecule has 0 unspecified atom stereocenters. The Morgan fingerprint density at radius 2 is 1.88 bits per heavy atom. The van der Waals surface area contributed by atoms with Crippen LogP contribution in [-0.4, -0.2) is 29.6 Å². The molecule has 3 rings (SSSR count). The zero-order chi connectivity index (χ0) is 11.7. The van der Waals surface area contributed by atoms with Crippen LogP contribution in [0.5, 0.6) is 5.75 Å². The third-order valence-corrected chi connectivity index (χ3v) is 4.29. The Balaban J connectivity index is 1.73. The average molecular weight is 231 g/mol. The number of rotatable bonds is 3. The molecule has 2 aliphatic rings. The highest BCUT2D eigenvalue weighted by molar-refractivity contribution is 5.37. The van der Waals surface area contributed by atoms with Gasteiger partial charge in [-0.25, -0.2) is 0 Å². The molecule has 2 nitrogen and oxygen atoms in total. The molecule has 1 aliphatic carbocycles. The van der Waals surface area contributed by atoms with Crippen LogP contribution in [0.1, 0.15) is 37.7 Å². The molecule has 0 bridgehead atoms. The van der Waals surface area contributed by atoms with Gasteiger partial charge in [0.15, 0.2) is 0 Å². The summed E-state index contributed by atoms with van der Waals surface area (Å²) in [7, 11) is 0. The van der Waals surface area contributed by atoms with Gasteiger partial charge in [-0.05, 0) is 56.5 Å². The van der Waals surface area contributed by atoms with Gasteiger partial charge in [0.2, 0.25) is 0 Å². The first kappa shape index (κ1) is 11.1. The molecule has 1 saturated heterocycles. The van der Waals surface area contributed by atoms with Crippen molar-refractivity contribution in [3.05, 3.63) is 29.8 Å². The number of hydrogen-bond acceptors (Lipinski definition) is 2. The lowest BCUT2D eigenvalue weighted by molar-refractivity contribution is 0.209. The minimum atomic E-state index is 0.357. The summed E-state index contributed by atoms with van der Waals surface area (Å²) in [6.45, 7) is 3.72. The summed E-state index contributed by atoms with van der Waals surface area (Å²) in [5.74, 6) is 0.410. The molecule has 0 radical (unpaired) electrons. The Hall–Kier alpha value is -1.02. The molecule has 2 heteroatoms. The van der Waals surface area contributed by atoms with E-state index in [1.807, 2.05) is 12.1 Å². The fourth-order valence-corrected chi connectivity index (χ4v) is 3.07. The van der Waals surface area contributed by atoms with E-state index in [1.165, 1.54) is 57.3 Å². The molecule has 1 aromatic rings. The van der Waals surface area contributed by atoms with Crippen LogP contribution in [0.25, 0.3) is 0 Å². The summed E-state index contributed by atoms with van der Waals surface area (Å²) in [5, 5.41) is 9.60. The lowest BCUT2D eigenvalue weighted by atomic mass is 9.94. The highest BCUT2D eigenvalue weighted by Gasteiger charge is 2.45. The van der Waals surface area contributed by atoms with E-state index in [1.54, 1.807) is 6.07 Å². The number of hydrogen-bond donors (Lipinski definition) is 1. The number of phenols is 1. The molecule has 17 heavy (non-hydrogen) atoms. The third-order valence-electron chi connectivity index (χ3n) is 4.29. The first-order valence-electron chi connectivity index (χ1n) is 6.80. The molecule has 2 fully saturated rings. The summed E-state index contributed by atoms with van der Waals surface area (Å²) >= 11 is 0. The van der Waals surface area contributed by atoms with E-state index in [4.69, 9.17) is 0 Å². The molecule has 1 aliphatic heterocycles. The topological polar surface area (TPSA) is 23.5 Å². The van der Waals surface area contributed by atoms with Crippen LogP contribution in [0.4, 0.5) is 0 Å². The Morgan fingerprint density at radius 1 is 1.12 bits per heavy atom. The van der Waals surface area contributed by atoms with Crippen LogP contribution in [-0.2, 0) is 5.41 Å². The second-order valence-electron chi connectivity index (χ2n) is 5.67. The van der Waals surface area contributed by atoms with Crippen LogP contribution in [0.15, 0.2) is 24.3 Å². The second-order valence-corrected chi connectivity index (χ2v) is 5.67. The van der Waals surface area contributed by atoms with Gasteiger partial charge in [-0.3, -0.25) is 0 Å². The molecule has 1 N–H and O–H groups in total. The largest absolute Gasteiger partial charge is 0.508 e. The van der Waals surface area contributed by atoms with Gasteiger partial charge < -0.3 is 10.0 Å². The van der Waals surface area contributed by atoms with Crippen LogP contribution in [0, 0.1) is 0 Å². The van der Waals surface area contributed by atoms with Crippen LogP contribution >= 0.6 is 0 Å². The third kappa shape index (κ3) is 2.32. The van der Waals surface area contributed by atoms with Gasteiger partial charge in [-0.2, -0.15) is 0 Å². The van der Waals surface area contributed by atoms with Gasteiger partial charge in [-0.1, -0.05) is 18.6 Å². The lowest BCUT2D eigenvalue weighted by Crippen LogP contribution is -2.36. The van der Waals surface area contributed by atoms with E-state index in [9.17, 15) is 5.11 Å². The van der Waals surface area contributed by atoms with E-state index in [0.717, 1.165) is 0 Å². The zero-order valence-corrected chi connectivity index (χ0v) is 10.4. The van der Waals surface area contributed by atoms with Crippen molar-refractivity contribution in [2.45, 2.75) is 37.5 Å². The molecule has 0 amide bonds. The van der Waals surface area contributed by atoms with E-state index >= 15 is 0 Å². The minimum absolute atomic E-state index is 0.357. The van der Waals surface area contributed by atoms with E-state index in [0.29, 0.717) is 11.2 Å². The predicted octanol–water partition coefficient (Wildman–Crippen LogP) is 2.91. The van der Waals surface area contributed by atoms with Crippen molar-refractivity contribution in [3.63, 3.8) is 0 Å². The van der Waals surface area contributed by atoms with E-state index < -0.39 is 0 Å². The van der Waals surface area contributed by atoms with Crippen molar-refractivity contribution in [1.29, 1.82) is 0 Å². The molecule has 1 aromatic carbocycles. The summed E-state index contributed by atoms with van der Waals surface area (Å²) in [6, 6.07) is 7.87. The van der Waals surface area contributed by atoms with Gasteiger partial charge in [0.25, 0.3) is 0 Å². The molecular formula is C15H21NO. The molecule has 1 saturated carbocycles. The monoisotopic (exact) mass is 231 g/mol. The predicted molar refractivity (Wildman–Crippen MR) is 69.3 cm³/mol. The van der Waals surface area contributed by atoms with Crippen LogP contribution in [0.2, 0.25) is 0 Å². The Labute approximate surface area is 103 Å². The number of phenolic OH excluding ortho intramolecular Hbond substituents is 1. The number of piperidine rings is 1. The van der Waals surface area contributed by atoms with Crippen LogP contribution < -0.4 is 0 Å². The fourth-order valence-electron chi connectivity index (χ4n) is 3.07.